The van der Waals surface area contributed by atoms with Crippen LogP contribution in [-0.2, 0) is 0 Å². The molecule has 3 heteroatoms. The lowest BCUT2D eigenvalue weighted by atomic mass is 10.1. The normalized spacial score (nSPS) is 12.8. The van der Waals surface area contributed by atoms with Crippen LogP contribution in [0.2, 0.25) is 0 Å². The Morgan fingerprint density at radius 1 is 1.62 bits per heavy atom. The molecule has 0 aliphatic rings. The zero-order valence-electron chi connectivity index (χ0n) is 8.13. The van der Waals surface area contributed by atoms with Crippen molar-refractivity contribution in [2.24, 2.45) is 0 Å². The van der Waals surface area contributed by atoms with Crippen LogP contribution >= 0.6 is 0 Å². The van der Waals surface area contributed by atoms with Gasteiger partial charge >= 0.3 is 0 Å². The Labute approximate surface area is 78.2 Å². The largest absolute Gasteiger partial charge is 0.329 e. The summed E-state index contributed by atoms with van der Waals surface area (Å²) in [4.78, 5) is 14.0. The molecular formula is C10H16N2O. The highest BCUT2D eigenvalue weighted by Crippen LogP contribution is 2.04. The predicted octanol–water partition coefficient (Wildman–Crippen LogP) is 1.44. The van der Waals surface area contributed by atoms with Gasteiger partial charge in [-0.15, -0.1) is 0 Å². The van der Waals surface area contributed by atoms with Gasteiger partial charge in [-0.1, -0.05) is 13.0 Å². The third-order valence-corrected chi connectivity index (χ3v) is 2.02. The molecule has 0 aromatic carbocycles. The van der Waals surface area contributed by atoms with Gasteiger partial charge in [-0.2, -0.15) is 0 Å². The van der Waals surface area contributed by atoms with E-state index in [1.165, 1.54) is 0 Å². The van der Waals surface area contributed by atoms with Crippen LogP contribution in [0.3, 0.4) is 0 Å². The average Bonchev–Trinajstić information content (AvgIpc) is 2.15. The average molecular weight is 180 g/mol. The van der Waals surface area contributed by atoms with Gasteiger partial charge in [-0.3, -0.25) is 4.79 Å². The van der Waals surface area contributed by atoms with E-state index in [2.05, 4.69) is 17.2 Å². The molecule has 1 aromatic heterocycles. The molecule has 0 aliphatic heterocycles. The Kier molecular flexibility index (Phi) is 3.71. The number of rotatable bonds is 4. The third kappa shape index (κ3) is 2.70. The van der Waals surface area contributed by atoms with E-state index >= 15 is 0 Å². The van der Waals surface area contributed by atoms with Crippen molar-refractivity contribution in [3.05, 3.63) is 34.2 Å². The Hall–Kier alpha value is -1.09. The first-order chi connectivity index (χ1) is 6.25. The topological polar surface area (TPSA) is 44.9 Å². The molecule has 0 saturated carbocycles. The predicted molar refractivity (Wildman–Crippen MR) is 53.8 cm³/mol. The van der Waals surface area contributed by atoms with Crippen LogP contribution in [0, 0.1) is 0 Å². The Morgan fingerprint density at radius 2 is 2.38 bits per heavy atom. The summed E-state index contributed by atoms with van der Waals surface area (Å²) in [6.07, 6.45) is 2.73. The SMILES string of the molecule is CCCNC(C)c1ccc[nH]c1=O. The van der Waals surface area contributed by atoms with Crippen molar-refractivity contribution in [2.75, 3.05) is 6.54 Å². The van der Waals surface area contributed by atoms with Crippen LogP contribution < -0.4 is 10.9 Å². The quantitative estimate of drug-likeness (QED) is 0.736. The molecule has 0 amide bonds. The lowest BCUT2D eigenvalue weighted by Crippen LogP contribution is -2.25. The van der Waals surface area contributed by atoms with Crippen molar-refractivity contribution in [1.82, 2.24) is 10.3 Å². The van der Waals surface area contributed by atoms with Crippen molar-refractivity contribution < 1.29 is 0 Å². The Balaban J connectivity index is 2.71. The highest BCUT2D eigenvalue weighted by Gasteiger charge is 2.06. The van der Waals surface area contributed by atoms with E-state index < -0.39 is 0 Å². The molecule has 0 aliphatic carbocycles. The smallest absolute Gasteiger partial charge is 0.252 e. The summed E-state index contributed by atoms with van der Waals surface area (Å²) in [7, 11) is 0. The van der Waals surface area contributed by atoms with Gasteiger partial charge in [0.1, 0.15) is 0 Å². The fourth-order valence-electron chi connectivity index (χ4n) is 1.25. The van der Waals surface area contributed by atoms with Gasteiger partial charge in [-0.25, -0.2) is 0 Å². The summed E-state index contributed by atoms with van der Waals surface area (Å²) in [6, 6.07) is 3.83. The van der Waals surface area contributed by atoms with E-state index in [4.69, 9.17) is 0 Å². The van der Waals surface area contributed by atoms with Crippen LogP contribution in [0.1, 0.15) is 31.9 Å². The van der Waals surface area contributed by atoms with Crippen LogP contribution in [0.25, 0.3) is 0 Å². The number of aromatic amines is 1. The third-order valence-electron chi connectivity index (χ3n) is 2.02. The molecule has 1 aromatic rings. The molecule has 1 atom stereocenters. The minimum Gasteiger partial charge on any atom is -0.329 e. The number of nitrogens with one attached hydrogen (secondary N) is 2. The number of H-pyrrole nitrogens is 1. The van der Waals surface area contributed by atoms with Crippen LogP contribution in [0.15, 0.2) is 23.1 Å². The molecule has 1 rings (SSSR count). The molecule has 1 unspecified atom stereocenters. The maximum atomic E-state index is 11.3. The molecule has 2 N–H and O–H groups in total. The van der Waals surface area contributed by atoms with E-state index in [0.29, 0.717) is 0 Å². The zero-order chi connectivity index (χ0) is 9.68. The van der Waals surface area contributed by atoms with Crippen LogP contribution in [0.4, 0.5) is 0 Å². The molecule has 72 valence electrons. The molecular weight excluding hydrogens is 164 g/mol. The Morgan fingerprint density at radius 3 is 3.00 bits per heavy atom. The fourth-order valence-corrected chi connectivity index (χ4v) is 1.25. The monoisotopic (exact) mass is 180 g/mol. The lowest BCUT2D eigenvalue weighted by Gasteiger charge is -2.11. The maximum Gasteiger partial charge on any atom is 0.252 e. The molecule has 1 heterocycles. The van der Waals surface area contributed by atoms with Crippen LogP contribution in [0.5, 0.6) is 0 Å². The summed E-state index contributed by atoms with van der Waals surface area (Å²) in [5.74, 6) is 0. The fraction of sp³-hybridized carbons (Fsp3) is 0.500. The molecule has 0 bridgehead atoms. The molecule has 13 heavy (non-hydrogen) atoms. The van der Waals surface area contributed by atoms with E-state index in [1.807, 2.05) is 19.1 Å². The second kappa shape index (κ2) is 4.82. The standard InChI is InChI=1S/C10H16N2O/c1-3-6-11-8(2)9-5-4-7-12-10(9)13/h4-5,7-8,11H,3,6H2,1-2H3,(H,12,13). The van der Waals surface area contributed by atoms with E-state index in [-0.39, 0.29) is 11.6 Å². The zero-order valence-corrected chi connectivity index (χ0v) is 8.13. The molecule has 0 saturated heterocycles. The maximum absolute atomic E-state index is 11.3. The summed E-state index contributed by atoms with van der Waals surface area (Å²) < 4.78 is 0. The van der Waals surface area contributed by atoms with Crippen molar-refractivity contribution in [2.45, 2.75) is 26.3 Å². The van der Waals surface area contributed by atoms with Gasteiger partial charge < -0.3 is 10.3 Å². The van der Waals surface area contributed by atoms with Gasteiger partial charge in [0.15, 0.2) is 0 Å². The summed E-state index contributed by atoms with van der Waals surface area (Å²) in [5, 5.41) is 3.27. The van der Waals surface area contributed by atoms with E-state index in [1.54, 1.807) is 6.20 Å². The Bertz CT molecular complexity index is 306. The minimum atomic E-state index is -0.00129. The number of pyridine rings is 1. The van der Waals surface area contributed by atoms with Crippen molar-refractivity contribution >= 4 is 0 Å². The highest BCUT2D eigenvalue weighted by molar-refractivity contribution is 5.13. The van der Waals surface area contributed by atoms with Crippen molar-refractivity contribution in [3.8, 4) is 0 Å². The highest BCUT2D eigenvalue weighted by atomic mass is 16.1. The molecule has 0 spiro atoms. The number of hydrogen-bond acceptors (Lipinski definition) is 2. The summed E-state index contributed by atoms with van der Waals surface area (Å²) in [6.45, 7) is 5.05. The first-order valence-corrected chi connectivity index (χ1v) is 4.66. The first-order valence-electron chi connectivity index (χ1n) is 4.66. The van der Waals surface area contributed by atoms with E-state index in [0.717, 1.165) is 18.5 Å². The second-order valence-corrected chi connectivity index (χ2v) is 3.13. The van der Waals surface area contributed by atoms with Gasteiger partial charge in [0.2, 0.25) is 0 Å². The second-order valence-electron chi connectivity index (χ2n) is 3.13. The van der Waals surface area contributed by atoms with Crippen LogP contribution in [-0.4, -0.2) is 11.5 Å². The minimum absolute atomic E-state index is 0.00129. The molecule has 3 nitrogen and oxygen atoms in total. The van der Waals surface area contributed by atoms with Gasteiger partial charge in [-0.05, 0) is 26.0 Å². The van der Waals surface area contributed by atoms with Gasteiger partial charge in [0, 0.05) is 17.8 Å². The number of hydrogen-bond donors (Lipinski definition) is 2. The number of aromatic nitrogens is 1. The van der Waals surface area contributed by atoms with E-state index in [9.17, 15) is 4.79 Å². The first kappa shape index (κ1) is 9.99. The van der Waals surface area contributed by atoms with Gasteiger partial charge in [0.05, 0.1) is 0 Å². The van der Waals surface area contributed by atoms with Gasteiger partial charge in [0.25, 0.3) is 5.56 Å². The molecule has 0 radical (unpaired) electrons. The molecule has 0 fully saturated rings. The van der Waals surface area contributed by atoms with Crippen molar-refractivity contribution in [1.29, 1.82) is 0 Å². The lowest BCUT2D eigenvalue weighted by molar-refractivity contribution is 0.566. The summed E-state index contributed by atoms with van der Waals surface area (Å²) >= 11 is 0. The summed E-state index contributed by atoms with van der Waals surface area (Å²) in [5.41, 5.74) is 0.801. The van der Waals surface area contributed by atoms with Crippen molar-refractivity contribution in [3.63, 3.8) is 0 Å².